The smallest absolute Gasteiger partial charge is 0.275 e. The SMILES string of the molecule is CCOCc1nc(O)c(C(=O)N2CCC(c3ccc(F)cc3F)C2)c(=O)n1-c1c(OC)cccc1OC. The summed E-state index contributed by atoms with van der Waals surface area (Å²) in [6.07, 6.45) is 0.402. The van der Waals surface area contributed by atoms with Crippen LogP contribution in [0.3, 0.4) is 0 Å². The number of para-hydroxylation sites is 1. The van der Waals surface area contributed by atoms with Gasteiger partial charge in [-0.3, -0.25) is 14.2 Å². The minimum atomic E-state index is -0.841. The van der Waals surface area contributed by atoms with E-state index in [2.05, 4.69) is 4.98 Å². The first kappa shape index (κ1) is 26.1. The first-order valence-corrected chi connectivity index (χ1v) is 11.7. The Bertz CT molecular complexity index is 1350. The van der Waals surface area contributed by atoms with Gasteiger partial charge in [-0.15, -0.1) is 0 Å². The largest absolute Gasteiger partial charge is 0.494 e. The van der Waals surface area contributed by atoms with E-state index in [1.165, 1.54) is 25.2 Å². The minimum absolute atomic E-state index is 0.0383. The summed E-state index contributed by atoms with van der Waals surface area (Å²) in [4.78, 5) is 32.8. The lowest BCUT2D eigenvalue weighted by atomic mass is 9.98. The van der Waals surface area contributed by atoms with Gasteiger partial charge in [0.05, 0.1) is 14.2 Å². The van der Waals surface area contributed by atoms with E-state index in [0.29, 0.717) is 13.0 Å². The number of methoxy groups -OCH3 is 2. The molecule has 4 rings (SSSR count). The number of nitrogens with zero attached hydrogens (tertiary/aromatic N) is 3. The van der Waals surface area contributed by atoms with Crippen LogP contribution in [-0.2, 0) is 11.3 Å². The van der Waals surface area contributed by atoms with Crippen molar-refractivity contribution in [3.8, 4) is 23.1 Å². The fraction of sp³-hybridized carbons (Fsp3) is 0.346. The monoisotopic (exact) mass is 515 g/mol. The first-order chi connectivity index (χ1) is 17.8. The number of ether oxygens (including phenoxy) is 3. The number of hydrogen-bond donors (Lipinski definition) is 1. The molecule has 196 valence electrons. The Labute approximate surface area is 211 Å². The van der Waals surface area contributed by atoms with Crippen molar-refractivity contribution in [2.24, 2.45) is 0 Å². The van der Waals surface area contributed by atoms with Crippen LogP contribution < -0.4 is 15.0 Å². The molecule has 2 aromatic carbocycles. The summed E-state index contributed by atoms with van der Waals surface area (Å²) in [5.41, 5.74) is -0.913. The molecule has 1 fully saturated rings. The van der Waals surface area contributed by atoms with Crippen molar-refractivity contribution in [1.82, 2.24) is 14.5 Å². The Balaban J connectivity index is 1.78. The topological polar surface area (TPSA) is 103 Å². The summed E-state index contributed by atoms with van der Waals surface area (Å²) in [7, 11) is 2.84. The Kier molecular flexibility index (Phi) is 7.72. The molecule has 3 aromatic rings. The number of halogens is 2. The van der Waals surface area contributed by atoms with Gasteiger partial charge in [0.15, 0.2) is 5.56 Å². The van der Waals surface area contributed by atoms with Crippen molar-refractivity contribution in [2.75, 3.05) is 33.9 Å². The standard InChI is InChI=1S/C26H27F2N3O6/c1-4-37-14-21-29-24(32)22(26(34)31(21)23-19(35-2)6-5-7-20(23)36-3)25(33)30-11-10-15(13-30)17-9-8-16(27)12-18(17)28/h5-9,12,15,32H,4,10-11,13-14H2,1-3H3. The molecular formula is C26H27F2N3O6. The first-order valence-electron chi connectivity index (χ1n) is 11.7. The summed E-state index contributed by atoms with van der Waals surface area (Å²) >= 11 is 0. The highest BCUT2D eigenvalue weighted by atomic mass is 19.1. The van der Waals surface area contributed by atoms with E-state index in [9.17, 15) is 23.5 Å². The van der Waals surface area contributed by atoms with Gasteiger partial charge in [-0.2, -0.15) is 4.98 Å². The molecule has 9 nitrogen and oxygen atoms in total. The second-order valence-corrected chi connectivity index (χ2v) is 8.42. The molecule has 0 spiro atoms. The third-order valence-corrected chi connectivity index (χ3v) is 6.29. The molecule has 0 radical (unpaired) electrons. The van der Waals surface area contributed by atoms with E-state index < -0.39 is 40.5 Å². The van der Waals surface area contributed by atoms with Gasteiger partial charge >= 0.3 is 0 Å². The predicted octanol–water partition coefficient (Wildman–Crippen LogP) is 3.40. The lowest BCUT2D eigenvalue weighted by Crippen LogP contribution is -2.37. The summed E-state index contributed by atoms with van der Waals surface area (Å²) in [6.45, 7) is 2.23. The highest BCUT2D eigenvalue weighted by molar-refractivity contribution is 5.96. The van der Waals surface area contributed by atoms with E-state index in [1.807, 2.05) is 0 Å². The van der Waals surface area contributed by atoms with E-state index in [-0.39, 0.29) is 48.3 Å². The van der Waals surface area contributed by atoms with Crippen molar-refractivity contribution in [2.45, 2.75) is 25.9 Å². The van der Waals surface area contributed by atoms with Gasteiger partial charge in [0.2, 0.25) is 5.88 Å². The summed E-state index contributed by atoms with van der Waals surface area (Å²) in [6, 6.07) is 8.22. The molecule has 1 N–H and O–H groups in total. The second kappa shape index (κ2) is 11.0. The predicted molar refractivity (Wildman–Crippen MR) is 130 cm³/mol. The molecule has 11 heteroatoms. The van der Waals surface area contributed by atoms with Crippen LogP contribution in [0.4, 0.5) is 8.78 Å². The molecule has 1 unspecified atom stereocenters. The number of hydrogen-bond acceptors (Lipinski definition) is 7. The van der Waals surface area contributed by atoms with E-state index in [1.54, 1.807) is 25.1 Å². The molecule has 1 aliphatic heterocycles. The van der Waals surface area contributed by atoms with Crippen LogP contribution in [0.1, 0.15) is 41.0 Å². The van der Waals surface area contributed by atoms with E-state index in [4.69, 9.17) is 14.2 Å². The van der Waals surface area contributed by atoms with Crippen molar-refractivity contribution < 1.29 is 32.9 Å². The van der Waals surface area contributed by atoms with Crippen LogP contribution in [-0.4, -0.2) is 59.4 Å². The highest BCUT2D eigenvalue weighted by Crippen LogP contribution is 2.34. The van der Waals surface area contributed by atoms with E-state index in [0.717, 1.165) is 16.7 Å². The number of aromatic hydroxyl groups is 1. The number of likely N-dealkylation sites (tertiary alicyclic amines) is 1. The van der Waals surface area contributed by atoms with Gasteiger partial charge in [-0.05, 0) is 37.1 Å². The fourth-order valence-corrected chi connectivity index (χ4v) is 4.50. The zero-order chi connectivity index (χ0) is 26.7. The molecule has 1 saturated heterocycles. The molecule has 1 atom stereocenters. The second-order valence-electron chi connectivity index (χ2n) is 8.42. The fourth-order valence-electron chi connectivity index (χ4n) is 4.50. The van der Waals surface area contributed by atoms with Crippen LogP contribution in [0, 0.1) is 11.6 Å². The molecular weight excluding hydrogens is 488 g/mol. The van der Waals surface area contributed by atoms with Crippen molar-refractivity contribution in [1.29, 1.82) is 0 Å². The highest BCUT2D eigenvalue weighted by Gasteiger charge is 2.34. The summed E-state index contributed by atoms with van der Waals surface area (Å²) < 4.78 is 45.1. The molecule has 0 bridgehead atoms. The maximum atomic E-state index is 14.3. The average Bonchev–Trinajstić information content (AvgIpc) is 3.37. The van der Waals surface area contributed by atoms with Gasteiger partial charge in [0, 0.05) is 31.7 Å². The van der Waals surface area contributed by atoms with Crippen LogP contribution >= 0.6 is 0 Å². The third kappa shape index (κ3) is 4.99. The molecule has 1 aromatic heterocycles. The van der Waals surface area contributed by atoms with Crippen LogP contribution in [0.5, 0.6) is 17.4 Å². The zero-order valence-corrected chi connectivity index (χ0v) is 20.7. The summed E-state index contributed by atoms with van der Waals surface area (Å²) in [5.74, 6) is -2.70. The molecule has 1 amide bonds. The van der Waals surface area contributed by atoms with Crippen LogP contribution in [0.2, 0.25) is 0 Å². The van der Waals surface area contributed by atoms with Crippen molar-refractivity contribution in [3.05, 3.63) is 75.3 Å². The lowest BCUT2D eigenvalue weighted by Gasteiger charge is -2.21. The van der Waals surface area contributed by atoms with Crippen LogP contribution in [0.15, 0.2) is 41.2 Å². The van der Waals surface area contributed by atoms with Gasteiger partial charge in [-0.1, -0.05) is 12.1 Å². The Hall–Kier alpha value is -3.99. The van der Waals surface area contributed by atoms with Crippen molar-refractivity contribution in [3.63, 3.8) is 0 Å². The third-order valence-electron chi connectivity index (χ3n) is 6.29. The van der Waals surface area contributed by atoms with Gasteiger partial charge in [-0.25, -0.2) is 8.78 Å². The lowest BCUT2D eigenvalue weighted by molar-refractivity contribution is 0.0782. The minimum Gasteiger partial charge on any atom is -0.494 e. The number of rotatable bonds is 8. The Morgan fingerprint density at radius 2 is 1.86 bits per heavy atom. The number of aromatic nitrogens is 2. The average molecular weight is 516 g/mol. The summed E-state index contributed by atoms with van der Waals surface area (Å²) in [5, 5.41) is 10.7. The molecule has 37 heavy (non-hydrogen) atoms. The molecule has 2 heterocycles. The number of carbonyl (C=O) groups excluding carboxylic acids is 1. The normalized spacial score (nSPS) is 15.2. The zero-order valence-electron chi connectivity index (χ0n) is 20.7. The van der Waals surface area contributed by atoms with Gasteiger partial charge < -0.3 is 24.2 Å². The Morgan fingerprint density at radius 1 is 1.16 bits per heavy atom. The Morgan fingerprint density at radius 3 is 2.49 bits per heavy atom. The maximum absolute atomic E-state index is 14.3. The molecule has 0 aliphatic carbocycles. The number of carbonyl (C=O) groups is 1. The molecule has 1 aliphatic rings. The maximum Gasteiger partial charge on any atom is 0.275 e. The number of benzene rings is 2. The van der Waals surface area contributed by atoms with Crippen molar-refractivity contribution >= 4 is 5.91 Å². The van der Waals surface area contributed by atoms with Gasteiger partial charge in [0.25, 0.3) is 11.5 Å². The quantitative estimate of drug-likeness (QED) is 0.491. The van der Waals surface area contributed by atoms with Gasteiger partial charge in [0.1, 0.15) is 41.3 Å². The number of amides is 1. The van der Waals surface area contributed by atoms with E-state index >= 15 is 0 Å². The van der Waals surface area contributed by atoms with Crippen LogP contribution in [0.25, 0.3) is 5.69 Å². The molecule has 0 saturated carbocycles.